The molecular weight excluding hydrogens is 204 g/mol. The van der Waals surface area contributed by atoms with Crippen LogP contribution in [0.1, 0.15) is 0 Å². The number of aliphatic hydroxyl groups is 1. The summed E-state index contributed by atoms with van der Waals surface area (Å²) in [6, 6.07) is 0. The summed E-state index contributed by atoms with van der Waals surface area (Å²) in [5.41, 5.74) is 4.95. The second-order valence-electron chi connectivity index (χ2n) is 3.03. The van der Waals surface area contributed by atoms with E-state index in [1.807, 2.05) is 0 Å². The van der Waals surface area contributed by atoms with Crippen LogP contribution in [0.15, 0.2) is 12.4 Å². The molecule has 0 aliphatic carbocycles. The summed E-state index contributed by atoms with van der Waals surface area (Å²) in [4.78, 5) is 23.4. The minimum atomic E-state index is -1.16. The van der Waals surface area contributed by atoms with Gasteiger partial charge in [-0.3, -0.25) is 24.7 Å². The van der Waals surface area contributed by atoms with E-state index >= 15 is 0 Å². The van der Waals surface area contributed by atoms with Gasteiger partial charge in [0.05, 0.1) is 11.5 Å². The summed E-state index contributed by atoms with van der Waals surface area (Å²) < 4.78 is 0. The van der Waals surface area contributed by atoms with E-state index < -0.39 is 17.1 Å². The lowest BCUT2D eigenvalue weighted by Gasteiger charge is -2.23. The van der Waals surface area contributed by atoms with Crippen molar-refractivity contribution < 1.29 is 14.8 Å². The molecule has 8 heteroatoms. The van der Waals surface area contributed by atoms with Crippen molar-refractivity contribution >= 4 is 5.91 Å². The minimum absolute atomic E-state index is 0.136. The highest BCUT2D eigenvalue weighted by atomic mass is 16.6. The topological polar surface area (TPSA) is 113 Å². The molecule has 0 spiro atoms. The number of amides is 1. The molecule has 0 bridgehead atoms. The molecule has 1 rings (SSSR count). The van der Waals surface area contributed by atoms with Crippen LogP contribution in [0.5, 0.6) is 0 Å². The van der Waals surface area contributed by atoms with Crippen molar-refractivity contribution in [1.29, 1.82) is 0 Å². The van der Waals surface area contributed by atoms with Crippen LogP contribution in [-0.2, 0) is 4.79 Å². The molecule has 8 nitrogen and oxygen atoms in total. The Morgan fingerprint density at radius 3 is 2.60 bits per heavy atom. The predicted octanol–water partition coefficient (Wildman–Crippen LogP) is -1.89. The van der Waals surface area contributed by atoms with E-state index in [1.165, 1.54) is 22.2 Å². The third-order valence-electron chi connectivity index (χ3n) is 1.93. The zero-order valence-electron chi connectivity index (χ0n) is 7.94. The van der Waals surface area contributed by atoms with Gasteiger partial charge in [0.15, 0.2) is 0 Å². The van der Waals surface area contributed by atoms with Crippen LogP contribution in [0.4, 0.5) is 0 Å². The van der Waals surface area contributed by atoms with E-state index in [2.05, 4.69) is 0 Å². The number of hydrogen-bond acceptors (Lipinski definition) is 6. The molecule has 0 aromatic heterocycles. The van der Waals surface area contributed by atoms with Crippen LogP contribution < -0.4 is 5.73 Å². The van der Waals surface area contributed by atoms with Gasteiger partial charge in [0, 0.05) is 18.9 Å². The van der Waals surface area contributed by atoms with Gasteiger partial charge in [0.25, 0.3) is 0 Å². The fourth-order valence-electron chi connectivity index (χ4n) is 1.38. The third kappa shape index (κ3) is 2.56. The molecule has 3 N–H and O–H groups in total. The first-order valence-corrected chi connectivity index (χ1v) is 4.28. The number of rotatable bonds is 5. The fraction of sp³-hybridized carbons (Fsp3) is 0.571. The highest BCUT2D eigenvalue weighted by molar-refractivity contribution is 5.76. The summed E-state index contributed by atoms with van der Waals surface area (Å²) in [7, 11) is 0. The molecule has 1 unspecified atom stereocenters. The van der Waals surface area contributed by atoms with Gasteiger partial charge in [-0.1, -0.05) is 0 Å². The molecule has 1 heterocycles. The maximum absolute atomic E-state index is 10.7. The van der Waals surface area contributed by atoms with Gasteiger partial charge in [-0.25, -0.2) is 0 Å². The SMILES string of the molecule is NC(=O)CN1C=CN(CCO)C1[N+](=O)[O-]. The average Bonchev–Trinajstić information content (AvgIpc) is 2.47. The van der Waals surface area contributed by atoms with Crippen molar-refractivity contribution in [1.82, 2.24) is 9.80 Å². The van der Waals surface area contributed by atoms with Crippen molar-refractivity contribution in [3.05, 3.63) is 22.5 Å². The Kier molecular flexibility index (Phi) is 3.45. The van der Waals surface area contributed by atoms with Crippen molar-refractivity contribution in [3.8, 4) is 0 Å². The van der Waals surface area contributed by atoms with Crippen LogP contribution in [-0.4, -0.2) is 51.7 Å². The lowest BCUT2D eigenvalue weighted by Crippen LogP contribution is -2.48. The molecule has 0 aromatic rings. The molecule has 1 aliphatic heterocycles. The molecule has 0 aromatic carbocycles. The predicted molar refractivity (Wildman–Crippen MR) is 49.6 cm³/mol. The molecule has 15 heavy (non-hydrogen) atoms. The molecule has 1 amide bonds. The first kappa shape index (κ1) is 11.2. The largest absolute Gasteiger partial charge is 0.395 e. The first-order valence-electron chi connectivity index (χ1n) is 4.28. The number of nitrogens with two attached hydrogens (primary N) is 1. The molecule has 0 saturated heterocycles. The first-order chi connectivity index (χ1) is 7.06. The standard InChI is InChI=1S/C7H12N4O4/c8-6(13)5-10-2-1-9(3-4-12)7(10)11(14)15/h1-2,7,12H,3-5H2,(H2,8,13). The Balaban J connectivity index is 2.70. The molecule has 0 fully saturated rings. The summed E-state index contributed by atoms with van der Waals surface area (Å²) >= 11 is 0. The van der Waals surface area contributed by atoms with E-state index in [1.54, 1.807) is 0 Å². The van der Waals surface area contributed by atoms with Gasteiger partial charge in [-0.05, 0) is 0 Å². The third-order valence-corrected chi connectivity index (χ3v) is 1.93. The highest BCUT2D eigenvalue weighted by Crippen LogP contribution is 2.15. The molecular formula is C7H12N4O4. The highest BCUT2D eigenvalue weighted by Gasteiger charge is 2.36. The van der Waals surface area contributed by atoms with E-state index in [-0.39, 0.29) is 19.7 Å². The van der Waals surface area contributed by atoms with Crippen molar-refractivity contribution in [2.45, 2.75) is 6.29 Å². The van der Waals surface area contributed by atoms with Gasteiger partial charge in [-0.2, -0.15) is 0 Å². The number of aliphatic hydroxyl groups excluding tert-OH is 1. The summed E-state index contributed by atoms with van der Waals surface area (Å²) in [6.07, 6.45) is 1.70. The van der Waals surface area contributed by atoms with Gasteiger partial charge in [0.2, 0.25) is 5.91 Å². The van der Waals surface area contributed by atoms with Crippen LogP contribution in [0.3, 0.4) is 0 Å². The van der Waals surface area contributed by atoms with Crippen molar-refractivity contribution in [3.63, 3.8) is 0 Å². The molecule has 1 aliphatic rings. The maximum atomic E-state index is 10.7. The fourth-order valence-corrected chi connectivity index (χ4v) is 1.38. The summed E-state index contributed by atoms with van der Waals surface area (Å²) in [6.45, 7) is -0.277. The van der Waals surface area contributed by atoms with Gasteiger partial charge < -0.3 is 10.8 Å². The van der Waals surface area contributed by atoms with Gasteiger partial charge in [-0.15, -0.1) is 0 Å². The maximum Gasteiger partial charge on any atom is 0.368 e. The number of nitrogens with zero attached hydrogens (tertiary/aromatic N) is 3. The second kappa shape index (κ2) is 4.60. The van der Waals surface area contributed by atoms with E-state index in [0.717, 1.165) is 0 Å². The van der Waals surface area contributed by atoms with Gasteiger partial charge in [0.1, 0.15) is 6.54 Å². The summed E-state index contributed by atoms with van der Waals surface area (Å²) in [5, 5.41) is 19.4. The quantitative estimate of drug-likeness (QED) is 0.410. The average molecular weight is 216 g/mol. The number of carbonyl (C=O) groups is 1. The Labute approximate surface area is 85.7 Å². The zero-order valence-corrected chi connectivity index (χ0v) is 7.94. The Hall–Kier alpha value is -1.83. The smallest absolute Gasteiger partial charge is 0.368 e. The lowest BCUT2D eigenvalue weighted by molar-refractivity contribution is -0.569. The van der Waals surface area contributed by atoms with Crippen LogP contribution in [0.25, 0.3) is 0 Å². The van der Waals surface area contributed by atoms with Crippen LogP contribution >= 0.6 is 0 Å². The number of hydrogen-bond donors (Lipinski definition) is 2. The Bertz CT molecular complexity index is 293. The number of β-amino-alcohol motifs (C(OH)–C–C–N with tert-alkyl or cyclic N) is 1. The van der Waals surface area contributed by atoms with Crippen LogP contribution in [0, 0.1) is 10.1 Å². The van der Waals surface area contributed by atoms with E-state index in [0.29, 0.717) is 0 Å². The normalized spacial score (nSPS) is 19.7. The Morgan fingerprint density at radius 2 is 2.13 bits per heavy atom. The zero-order chi connectivity index (χ0) is 11.4. The van der Waals surface area contributed by atoms with E-state index in [9.17, 15) is 14.9 Å². The van der Waals surface area contributed by atoms with Crippen molar-refractivity contribution in [2.75, 3.05) is 19.7 Å². The molecule has 84 valence electrons. The van der Waals surface area contributed by atoms with Gasteiger partial charge >= 0.3 is 6.29 Å². The lowest BCUT2D eigenvalue weighted by atomic mass is 10.5. The number of nitro groups is 1. The van der Waals surface area contributed by atoms with Crippen molar-refractivity contribution in [2.24, 2.45) is 5.73 Å². The molecule has 0 saturated carbocycles. The van der Waals surface area contributed by atoms with Crippen LogP contribution in [0.2, 0.25) is 0 Å². The number of primary amides is 1. The Morgan fingerprint density at radius 1 is 1.53 bits per heavy atom. The summed E-state index contributed by atoms with van der Waals surface area (Å²) in [5.74, 6) is -0.641. The molecule has 0 radical (unpaired) electrons. The minimum Gasteiger partial charge on any atom is -0.395 e. The van der Waals surface area contributed by atoms with E-state index in [4.69, 9.17) is 10.8 Å². The number of carbonyl (C=O) groups excluding carboxylic acids is 1. The second-order valence-corrected chi connectivity index (χ2v) is 3.03. The monoisotopic (exact) mass is 216 g/mol. The molecule has 1 atom stereocenters.